The first-order valence-corrected chi connectivity index (χ1v) is 5.83. The predicted molar refractivity (Wildman–Crippen MR) is 74.0 cm³/mol. The fourth-order valence-electron chi connectivity index (χ4n) is 1.82. The van der Waals surface area contributed by atoms with Crippen LogP contribution in [-0.2, 0) is 0 Å². The van der Waals surface area contributed by atoms with E-state index in [0.29, 0.717) is 16.8 Å². The summed E-state index contributed by atoms with van der Waals surface area (Å²) in [5, 5.41) is 19.1. The third kappa shape index (κ3) is 2.68. The normalized spacial score (nSPS) is 10.2. The Morgan fingerprint density at radius 1 is 0.947 bits per heavy atom. The standard InChI is InChI=1S/C15H15NO3/c1-16(2)13-8-5-11(9-14(13)18)15(19)10-3-6-12(17)7-4-10/h3-9,17-18H,1-2H3. The molecule has 0 amide bonds. The van der Waals surface area contributed by atoms with E-state index >= 15 is 0 Å². The molecule has 0 heterocycles. The van der Waals surface area contributed by atoms with Gasteiger partial charge in [0.05, 0.1) is 5.69 Å². The number of carbonyl (C=O) groups is 1. The van der Waals surface area contributed by atoms with Gasteiger partial charge in [-0.25, -0.2) is 0 Å². The zero-order valence-corrected chi connectivity index (χ0v) is 10.8. The lowest BCUT2D eigenvalue weighted by molar-refractivity contribution is 0.103. The lowest BCUT2D eigenvalue weighted by Crippen LogP contribution is -2.09. The molecule has 0 atom stereocenters. The molecule has 4 nitrogen and oxygen atoms in total. The van der Waals surface area contributed by atoms with Gasteiger partial charge in [0.25, 0.3) is 0 Å². The molecule has 2 N–H and O–H groups in total. The van der Waals surface area contributed by atoms with Crippen LogP contribution in [-0.4, -0.2) is 30.1 Å². The molecule has 0 unspecified atom stereocenters. The summed E-state index contributed by atoms with van der Waals surface area (Å²) < 4.78 is 0. The second-order valence-electron chi connectivity index (χ2n) is 4.47. The number of phenols is 2. The fourth-order valence-corrected chi connectivity index (χ4v) is 1.82. The van der Waals surface area contributed by atoms with Gasteiger partial charge in [-0.3, -0.25) is 4.79 Å². The van der Waals surface area contributed by atoms with Gasteiger partial charge < -0.3 is 15.1 Å². The summed E-state index contributed by atoms with van der Waals surface area (Å²) in [4.78, 5) is 14.0. The Kier molecular flexibility index (Phi) is 3.42. The molecule has 0 saturated heterocycles. The minimum atomic E-state index is -0.194. The number of anilines is 1. The Labute approximate surface area is 111 Å². The van der Waals surface area contributed by atoms with Gasteiger partial charge in [-0.1, -0.05) is 0 Å². The highest BCUT2D eigenvalue weighted by Crippen LogP contribution is 2.27. The molecule has 4 heteroatoms. The van der Waals surface area contributed by atoms with Crippen molar-refractivity contribution in [3.8, 4) is 11.5 Å². The quantitative estimate of drug-likeness (QED) is 0.829. The van der Waals surface area contributed by atoms with Crippen molar-refractivity contribution in [2.45, 2.75) is 0 Å². The maximum atomic E-state index is 12.2. The van der Waals surface area contributed by atoms with Gasteiger partial charge in [0.1, 0.15) is 11.5 Å². The van der Waals surface area contributed by atoms with Crippen LogP contribution in [0.4, 0.5) is 5.69 Å². The van der Waals surface area contributed by atoms with Gasteiger partial charge >= 0.3 is 0 Å². The van der Waals surface area contributed by atoms with Gasteiger partial charge in [0, 0.05) is 25.2 Å². The Hall–Kier alpha value is -2.49. The number of benzene rings is 2. The highest BCUT2D eigenvalue weighted by Gasteiger charge is 2.12. The van der Waals surface area contributed by atoms with E-state index in [9.17, 15) is 15.0 Å². The number of hydrogen-bond acceptors (Lipinski definition) is 4. The van der Waals surface area contributed by atoms with Crippen molar-refractivity contribution >= 4 is 11.5 Å². The largest absolute Gasteiger partial charge is 0.508 e. The van der Waals surface area contributed by atoms with E-state index in [2.05, 4.69) is 0 Å². The molecular weight excluding hydrogens is 242 g/mol. The molecule has 0 saturated carbocycles. The first-order valence-electron chi connectivity index (χ1n) is 5.83. The van der Waals surface area contributed by atoms with Gasteiger partial charge in [0.15, 0.2) is 5.78 Å². The summed E-state index contributed by atoms with van der Waals surface area (Å²) in [6.45, 7) is 0. The van der Waals surface area contributed by atoms with Crippen LogP contribution in [0.25, 0.3) is 0 Å². The van der Waals surface area contributed by atoms with Crippen LogP contribution in [0.5, 0.6) is 11.5 Å². The van der Waals surface area contributed by atoms with E-state index in [0.717, 1.165) is 0 Å². The summed E-state index contributed by atoms with van der Waals surface area (Å²) in [7, 11) is 3.63. The Morgan fingerprint density at radius 3 is 2.05 bits per heavy atom. The molecule has 19 heavy (non-hydrogen) atoms. The van der Waals surface area contributed by atoms with Gasteiger partial charge in [-0.2, -0.15) is 0 Å². The Balaban J connectivity index is 2.34. The molecular formula is C15H15NO3. The molecule has 0 aliphatic heterocycles. The third-order valence-corrected chi connectivity index (χ3v) is 2.85. The first-order chi connectivity index (χ1) is 8.99. The molecule has 2 rings (SSSR count). The lowest BCUT2D eigenvalue weighted by atomic mass is 10.0. The second-order valence-corrected chi connectivity index (χ2v) is 4.47. The molecule has 2 aromatic rings. The van der Waals surface area contributed by atoms with Crippen molar-refractivity contribution in [1.82, 2.24) is 0 Å². The van der Waals surface area contributed by atoms with E-state index in [4.69, 9.17) is 0 Å². The fraction of sp³-hybridized carbons (Fsp3) is 0.133. The molecule has 0 aromatic heterocycles. The minimum Gasteiger partial charge on any atom is -0.508 e. The maximum Gasteiger partial charge on any atom is 0.193 e. The highest BCUT2D eigenvalue weighted by molar-refractivity contribution is 6.09. The number of carbonyl (C=O) groups excluding carboxylic acids is 1. The predicted octanol–water partition coefficient (Wildman–Crippen LogP) is 2.39. The number of aromatic hydroxyl groups is 2. The molecule has 0 aliphatic carbocycles. The average Bonchev–Trinajstić information content (AvgIpc) is 2.38. The summed E-state index contributed by atoms with van der Waals surface area (Å²) in [5.74, 6) is -0.0161. The van der Waals surface area contributed by atoms with Crippen molar-refractivity contribution in [1.29, 1.82) is 0 Å². The van der Waals surface area contributed by atoms with Crippen molar-refractivity contribution in [3.63, 3.8) is 0 Å². The maximum absolute atomic E-state index is 12.2. The van der Waals surface area contributed by atoms with Crippen molar-refractivity contribution in [3.05, 3.63) is 53.6 Å². The third-order valence-electron chi connectivity index (χ3n) is 2.85. The molecule has 0 fully saturated rings. The molecule has 98 valence electrons. The topological polar surface area (TPSA) is 60.8 Å². The van der Waals surface area contributed by atoms with Crippen LogP contribution in [0.3, 0.4) is 0 Å². The summed E-state index contributed by atoms with van der Waals surface area (Å²) in [6.07, 6.45) is 0. The van der Waals surface area contributed by atoms with Crippen LogP contribution in [0.2, 0.25) is 0 Å². The van der Waals surface area contributed by atoms with E-state index < -0.39 is 0 Å². The average molecular weight is 257 g/mol. The van der Waals surface area contributed by atoms with Gasteiger partial charge in [0.2, 0.25) is 0 Å². The number of ketones is 1. The molecule has 0 bridgehead atoms. The Bertz CT molecular complexity index is 603. The number of rotatable bonds is 3. The smallest absolute Gasteiger partial charge is 0.193 e. The molecule has 2 aromatic carbocycles. The zero-order chi connectivity index (χ0) is 14.0. The zero-order valence-electron chi connectivity index (χ0n) is 10.8. The molecule has 0 spiro atoms. The minimum absolute atomic E-state index is 0.0645. The molecule has 0 radical (unpaired) electrons. The van der Waals surface area contributed by atoms with Crippen molar-refractivity contribution in [2.24, 2.45) is 0 Å². The number of phenolic OH excluding ortho intramolecular Hbond substituents is 2. The number of nitrogens with zero attached hydrogens (tertiary/aromatic N) is 1. The van der Waals surface area contributed by atoms with E-state index in [1.54, 1.807) is 29.2 Å². The SMILES string of the molecule is CN(C)c1ccc(C(=O)c2ccc(O)cc2)cc1O. The van der Waals surface area contributed by atoms with Gasteiger partial charge in [-0.15, -0.1) is 0 Å². The van der Waals surface area contributed by atoms with Crippen LogP contribution >= 0.6 is 0 Å². The molecule has 0 aliphatic rings. The highest BCUT2D eigenvalue weighted by atomic mass is 16.3. The van der Waals surface area contributed by atoms with E-state index in [1.165, 1.54) is 18.2 Å². The van der Waals surface area contributed by atoms with Crippen LogP contribution in [0.1, 0.15) is 15.9 Å². The summed E-state index contributed by atoms with van der Waals surface area (Å²) in [5.41, 5.74) is 1.53. The summed E-state index contributed by atoms with van der Waals surface area (Å²) >= 11 is 0. The van der Waals surface area contributed by atoms with Crippen molar-refractivity contribution < 1.29 is 15.0 Å². The first kappa shape index (κ1) is 13.0. The number of hydrogen-bond donors (Lipinski definition) is 2. The van der Waals surface area contributed by atoms with Crippen LogP contribution in [0.15, 0.2) is 42.5 Å². The van der Waals surface area contributed by atoms with Gasteiger partial charge in [-0.05, 0) is 42.5 Å². The van der Waals surface area contributed by atoms with E-state index in [-0.39, 0.29) is 17.3 Å². The van der Waals surface area contributed by atoms with Crippen LogP contribution < -0.4 is 4.90 Å². The summed E-state index contributed by atoms with van der Waals surface area (Å²) in [6, 6.07) is 10.8. The van der Waals surface area contributed by atoms with Crippen LogP contribution in [0, 0.1) is 0 Å². The Morgan fingerprint density at radius 2 is 1.53 bits per heavy atom. The second kappa shape index (κ2) is 5.02. The van der Waals surface area contributed by atoms with E-state index in [1.807, 2.05) is 14.1 Å². The lowest BCUT2D eigenvalue weighted by Gasteiger charge is -2.14. The monoisotopic (exact) mass is 257 g/mol. The van der Waals surface area contributed by atoms with Crippen molar-refractivity contribution in [2.75, 3.05) is 19.0 Å².